The third kappa shape index (κ3) is 3.54. The molecule has 0 radical (unpaired) electrons. The molecular weight excluding hydrogens is 414 g/mol. The normalized spacial score (nSPS) is 16.7. The highest BCUT2D eigenvalue weighted by molar-refractivity contribution is 6.02. The minimum Gasteiger partial charge on any atom is -0.338 e. The van der Waals surface area contributed by atoms with Crippen LogP contribution in [0.25, 0.3) is 11.3 Å². The summed E-state index contributed by atoms with van der Waals surface area (Å²) in [6.45, 7) is 3.27. The minimum atomic E-state index is -0.839. The number of nitrogens with one attached hydrogen (secondary N) is 1. The fourth-order valence-corrected chi connectivity index (χ4v) is 4.04. The smallest absolute Gasteiger partial charge is 0.328 e. The Hall–Kier alpha value is -3.59. The molecule has 164 valence electrons. The molecule has 7 nitrogen and oxygen atoms in total. The largest absolute Gasteiger partial charge is 0.338 e. The van der Waals surface area contributed by atoms with Crippen molar-refractivity contribution in [3.63, 3.8) is 0 Å². The molecule has 5 rings (SSSR count). The highest BCUT2D eigenvalue weighted by Gasteiger charge is 2.34. The van der Waals surface area contributed by atoms with E-state index in [9.17, 15) is 13.6 Å². The number of nitrogens with zero attached hydrogens (tertiary/aromatic N) is 5. The summed E-state index contributed by atoms with van der Waals surface area (Å²) in [7, 11) is 2.05. The van der Waals surface area contributed by atoms with Crippen LogP contribution in [0.2, 0.25) is 0 Å². The number of benzene rings is 2. The van der Waals surface area contributed by atoms with Crippen molar-refractivity contribution in [3.8, 4) is 11.3 Å². The van der Waals surface area contributed by atoms with Crippen molar-refractivity contribution in [1.29, 1.82) is 0 Å². The SMILES string of the molecule is CN1CCN(c2nc(-c3ccccc3)c3c(n2)N(c2c(F)cccc2F)C(=O)NC3)CC1. The average Bonchev–Trinajstić information content (AvgIpc) is 2.80. The van der Waals surface area contributed by atoms with E-state index in [1.807, 2.05) is 42.3 Å². The average molecular weight is 436 g/mol. The van der Waals surface area contributed by atoms with Crippen molar-refractivity contribution in [3.05, 3.63) is 65.7 Å². The summed E-state index contributed by atoms with van der Waals surface area (Å²) in [6.07, 6.45) is 0. The van der Waals surface area contributed by atoms with Gasteiger partial charge in [0.1, 0.15) is 17.3 Å². The lowest BCUT2D eigenvalue weighted by Gasteiger charge is -2.35. The number of hydrogen-bond donors (Lipinski definition) is 1. The molecule has 0 saturated carbocycles. The van der Waals surface area contributed by atoms with Gasteiger partial charge in [0.25, 0.3) is 0 Å². The number of carbonyl (C=O) groups is 1. The number of hydrogen-bond acceptors (Lipinski definition) is 5. The van der Waals surface area contributed by atoms with Gasteiger partial charge in [0.2, 0.25) is 5.95 Å². The van der Waals surface area contributed by atoms with E-state index < -0.39 is 23.4 Å². The number of fused-ring (bicyclic) bond motifs is 1. The molecule has 3 heterocycles. The van der Waals surface area contributed by atoms with Crippen molar-refractivity contribution >= 4 is 23.5 Å². The zero-order valence-electron chi connectivity index (χ0n) is 17.6. The van der Waals surface area contributed by atoms with Gasteiger partial charge in [0.15, 0.2) is 5.82 Å². The standard InChI is InChI=1S/C23H22F2N6O/c1-29-10-12-30(13-11-29)22-27-19(15-6-3-2-4-7-15)16-14-26-23(32)31(21(16)28-22)20-17(24)8-5-9-18(20)25/h2-9H,10-14H2,1H3,(H,26,32). The van der Waals surface area contributed by atoms with Gasteiger partial charge in [-0.2, -0.15) is 4.98 Å². The molecule has 2 aliphatic heterocycles. The lowest BCUT2D eigenvalue weighted by Crippen LogP contribution is -2.46. The topological polar surface area (TPSA) is 64.6 Å². The number of amides is 2. The minimum absolute atomic E-state index is 0.161. The summed E-state index contributed by atoms with van der Waals surface area (Å²) in [5.41, 5.74) is 1.63. The number of urea groups is 1. The second-order valence-electron chi connectivity index (χ2n) is 7.90. The predicted molar refractivity (Wildman–Crippen MR) is 118 cm³/mol. The van der Waals surface area contributed by atoms with Crippen molar-refractivity contribution < 1.29 is 13.6 Å². The number of likely N-dealkylation sites (N-methyl/N-ethyl adjacent to an activating group) is 1. The van der Waals surface area contributed by atoms with Crippen LogP contribution < -0.4 is 15.1 Å². The Bertz CT molecular complexity index is 1140. The highest BCUT2D eigenvalue weighted by atomic mass is 19.1. The van der Waals surface area contributed by atoms with Gasteiger partial charge in [-0.25, -0.2) is 23.5 Å². The highest BCUT2D eigenvalue weighted by Crippen LogP contribution is 2.38. The van der Waals surface area contributed by atoms with Crippen LogP contribution in [0.5, 0.6) is 0 Å². The molecule has 0 unspecified atom stereocenters. The van der Waals surface area contributed by atoms with Crippen LogP contribution in [0.1, 0.15) is 5.56 Å². The summed E-state index contributed by atoms with van der Waals surface area (Å²) in [4.78, 5) is 27.6. The van der Waals surface area contributed by atoms with E-state index in [0.717, 1.165) is 35.7 Å². The van der Waals surface area contributed by atoms with Crippen molar-refractivity contribution in [2.45, 2.75) is 6.54 Å². The molecule has 3 aromatic rings. The maximum atomic E-state index is 14.7. The van der Waals surface area contributed by atoms with Gasteiger partial charge in [-0.3, -0.25) is 0 Å². The van der Waals surface area contributed by atoms with E-state index in [0.29, 0.717) is 30.3 Å². The second kappa shape index (κ2) is 8.16. The molecule has 1 saturated heterocycles. The van der Waals surface area contributed by atoms with Gasteiger partial charge in [-0.15, -0.1) is 0 Å². The monoisotopic (exact) mass is 436 g/mol. The third-order valence-electron chi connectivity index (χ3n) is 5.80. The van der Waals surface area contributed by atoms with E-state index in [1.165, 1.54) is 6.07 Å². The zero-order valence-corrected chi connectivity index (χ0v) is 17.6. The Kier molecular flexibility index (Phi) is 5.18. The molecular formula is C23H22F2N6O. The summed E-state index contributed by atoms with van der Waals surface area (Å²) >= 11 is 0. The predicted octanol–water partition coefficient (Wildman–Crippen LogP) is 3.53. The van der Waals surface area contributed by atoms with Gasteiger partial charge in [-0.1, -0.05) is 36.4 Å². The summed E-state index contributed by atoms with van der Waals surface area (Å²) < 4.78 is 29.4. The molecule has 9 heteroatoms. The second-order valence-corrected chi connectivity index (χ2v) is 7.90. The fraction of sp³-hybridized carbons (Fsp3) is 0.261. The maximum Gasteiger partial charge on any atom is 0.328 e. The molecule has 2 aromatic carbocycles. The molecule has 0 spiro atoms. The molecule has 0 atom stereocenters. The molecule has 0 aliphatic carbocycles. The quantitative estimate of drug-likeness (QED) is 0.681. The Morgan fingerprint density at radius 3 is 2.28 bits per heavy atom. The van der Waals surface area contributed by atoms with E-state index in [2.05, 4.69) is 15.2 Å². The van der Waals surface area contributed by atoms with Crippen LogP contribution in [0.3, 0.4) is 0 Å². The van der Waals surface area contributed by atoms with Gasteiger partial charge < -0.3 is 15.1 Å². The van der Waals surface area contributed by atoms with Crippen molar-refractivity contribution in [1.82, 2.24) is 20.2 Å². The Morgan fingerprint density at radius 2 is 1.59 bits per heavy atom. The number of halogens is 2. The summed E-state index contributed by atoms with van der Waals surface area (Å²) in [6, 6.07) is 12.4. The first kappa shape index (κ1) is 20.3. The number of aromatic nitrogens is 2. The summed E-state index contributed by atoms with van der Waals surface area (Å²) in [5, 5.41) is 2.71. The summed E-state index contributed by atoms with van der Waals surface area (Å²) in [5.74, 6) is -1.05. The maximum absolute atomic E-state index is 14.7. The fourth-order valence-electron chi connectivity index (χ4n) is 4.04. The Balaban J connectivity index is 1.72. The van der Waals surface area contributed by atoms with Crippen molar-refractivity contribution in [2.75, 3.05) is 43.0 Å². The van der Waals surface area contributed by atoms with E-state index in [1.54, 1.807) is 0 Å². The van der Waals surface area contributed by atoms with Crippen LogP contribution >= 0.6 is 0 Å². The lowest BCUT2D eigenvalue weighted by atomic mass is 10.0. The van der Waals surface area contributed by atoms with Crippen LogP contribution in [0, 0.1) is 11.6 Å². The number of anilines is 3. The van der Waals surface area contributed by atoms with E-state index >= 15 is 0 Å². The third-order valence-corrected chi connectivity index (χ3v) is 5.80. The number of carbonyl (C=O) groups excluding carboxylic acids is 1. The van der Waals surface area contributed by atoms with Gasteiger partial charge in [0, 0.05) is 37.3 Å². The van der Waals surface area contributed by atoms with Gasteiger partial charge in [0.05, 0.1) is 12.2 Å². The zero-order chi connectivity index (χ0) is 22.2. The molecule has 2 amide bonds. The molecule has 1 N–H and O–H groups in total. The number of piperazine rings is 1. The Labute approximate surface area is 184 Å². The Morgan fingerprint density at radius 1 is 0.906 bits per heavy atom. The molecule has 0 bridgehead atoms. The molecule has 32 heavy (non-hydrogen) atoms. The number of rotatable bonds is 3. The van der Waals surface area contributed by atoms with E-state index in [-0.39, 0.29) is 12.4 Å². The first-order chi connectivity index (χ1) is 15.5. The molecule has 2 aliphatic rings. The van der Waals surface area contributed by atoms with Crippen LogP contribution in [0.15, 0.2) is 48.5 Å². The van der Waals surface area contributed by atoms with E-state index in [4.69, 9.17) is 4.98 Å². The van der Waals surface area contributed by atoms with Gasteiger partial charge >= 0.3 is 6.03 Å². The lowest BCUT2D eigenvalue weighted by molar-refractivity contribution is 0.246. The van der Waals surface area contributed by atoms with Crippen LogP contribution in [0.4, 0.5) is 31.0 Å². The van der Waals surface area contributed by atoms with Crippen molar-refractivity contribution in [2.24, 2.45) is 0 Å². The molecule has 1 fully saturated rings. The van der Waals surface area contributed by atoms with Gasteiger partial charge in [-0.05, 0) is 19.2 Å². The first-order valence-corrected chi connectivity index (χ1v) is 10.4. The van der Waals surface area contributed by atoms with Crippen LogP contribution in [-0.2, 0) is 6.54 Å². The van der Waals surface area contributed by atoms with Crippen LogP contribution in [-0.4, -0.2) is 54.1 Å². The molecule has 1 aromatic heterocycles. The number of para-hydroxylation sites is 1. The first-order valence-electron chi connectivity index (χ1n) is 10.4.